The number of aryl methyl sites for hydroxylation is 1. The normalized spacial score (nSPS) is 18.9. The average Bonchev–Trinajstić information content (AvgIpc) is 2.92. The van der Waals surface area contributed by atoms with E-state index in [0.29, 0.717) is 25.3 Å². The van der Waals surface area contributed by atoms with Gasteiger partial charge in [-0.3, -0.25) is 14.4 Å². The monoisotopic (exact) mass is 252 g/mol. The molecule has 2 amide bonds. The van der Waals surface area contributed by atoms with Crippen LogP contribution in [0.15, 0.2) is 12.3 Å². The zero-order valence-corrected chi connectivity index (χ0v) is 10.4. The first-order chi connectivity index (χ1) is 8.61. The highest BCUT2D eigenvalue weighted by Crippen LogP contribution is 2.20. The number of rotatable bonds is 4. The predicted molar refractivity (Wildman–Crippen MR) is 64.1 cm³/mol. The van der Waals surface area contributed by atoms with Gasteiger partial charge in [0.2, 0.25) is 5.91 Å². The Morgan fingerprint density at radius 1 is 1.67 bits per heavy atom. The van der Waals surface area contributed by atoms with Gasteiger partial charge in [0, 0.05) is 19.5 Å². The number of cyclic esters (lactones) is 1. The first kappa shape index (κ1) is 12.4. The lowest BCUT2D eigenvalue weighted by Crippen LogP contribution is -2.34. The van der Waals surface area contributed by atoms with Crippen LogP contribution in [0.2, 0.25) is 0 Å². The van der Waals surface area contributed by atoms with Crippen LogP contribution in [-0.4, -0.2) is 41.0 Å². The Hall–Kier alpha value is -2.05. The molecular formula is C11H16N4O3. The molecule has 0 radical (unpaired) electrons. The maximum atomic E-state index is 11.7. The minimum atomic E-state index is -0.408. The van der Waals surface area contributed by atoms with Crippen molar-refractivity contribution in [3.05, 3.63) is 12.3 Å². The molecule has 1 unspecified atom stereocenters. The van der Waals surface area contributed by atoms with Gasteiger partial charge in [-0.05, 0) is 0 Å². The van der Waals surface area contributed by atoms with Crippen LogP contribution < -0.4 is 10.2 Å². The Balaban J connectivity index is 1.95. The molecule has 0 aliphatic carbocycles. The van der Waals surface area contributed by atoms with Crippen molar-refractivity contribution < 1.29 is 14.3 Å². The van der Waals surface area contributed by atoms with E-state index in [0.717, 1.165) is 0 Å². The molecule has 0 aromatic carbocycles. The maximum absolute atomic E-state index is 11.7. The van der Waals surface area contributed by atoms with Crippen LogP contribution in [0.1, 0.15) is 13.3 Å². The summed E-state index contributed by atoms with van der Waals surface area (Å²) in [5.41, 5.74) is 0. The molecule has 1 aromatic rings. The minimum absolute atomic E-state index is 0.0509. The summed E-state index contributed by atoms with van der Waals surface area (Å²) in [6.07, 6.45) is 1.32. The van der Waals surface area contributed by atoms with E-state index in [1.165, 1.54) is 4.90 Å². The van der Waals surface area contributed by atoms with Crippen molar-refractivity contribution in [3.8, 4) is 0 Å². The third-order valence-corrected chi connectivity index (χ3v) is 2.79. The van der Waals surface area contributed by atoms with Crippen molar-refractivity contribution in [1.82, 2.24) is 15.1 Å². The van der Waals surface area contributed by atoms with Crippen molar-refractivity contribution in [2.45, 2.75) is 19.4 Å². The first-order valence-corrected chi connectivity index (χ1v) is 5.84. The molecule has 18 heavy (non-hydrogen) atoms. The quantitative estimate of drug-likeness (QED) is 0.834. The Morgan fingerprint density at radius 3 is 3.06 bits per heavy atom. The molecule has 2 rings (SSSR count). The summed E-state index contributed by atoms with van der Waals surface area (Å²) >= 11 is 0. The lowest BCUT2D eigenvalue weighted by Gasteiger charge is -2.12. The fourth-order valence-corrected chi connectivity index (χ4v) is 1.80. The van der Waals surface area contributed by atoms with Gasteiger partial charge in [0.05, 0.1) is 19.3 Å². The number of nitrogens with one attached hydrogen (secondary N) is 1. The van der Waals surface area contributed by atoms with E-state index in [1.807, 2.05) is 0 Å². The molecule has 2 heterocycles. The fourth-order valence-electron chi connectivity index (χ4n) is 1.80. The number of ether oxygens (including phenoxy) is 1. The molecule has 1 atom stereocenters. The Labute approximate surface area is 105 Å². The van der Waals surface area contributed by atoms with E-state index in [4.69, 9.17) is 4.74 Å². The summed E-state index contributed by atoms with van der Waals surface area (Å²) in [4.78, 5) is 24.3. The SMILES string of the molecule is CCC(=O)NCC1CN(c2ccnn2C)C(=O)O1. The van der Waals surface area contributed by atoms with Crippen molar-refractivity contribution in [1.29, 1.82) is 0 Å². The topological polar surface area (TPSA) is 76.5 Å². The van der Waals surface area contributed by atoms with Crippen molar-refractivity contribution >= 4 is 17.8 Å². The smallest absolute Gasteiger partial charge is 0.416 e. The summed E-state index contributed by atoms with van der Waals surface area (Å²) in [5, 5.41) is 6.72. The summed E-state index contributed by atoms with van der Waals surface area (Å²) < 4.78 is 6.78. The van der Waals surface area contributed by atoms with Gasteiger partial charge in [0.1, 0.15) is 11.9 Å². The number of amides is 2. The van der Waals surface area contributed by atoms with E-state index in [1.54, 1.807) is 30.9 Å². The molecule has 1 aliphatic rings. The number of carbonyl (C=O) groups is 2. The van der Waals surface area contributed by atoms with Crippen molar-refractivity contribution in [2.24, 2.45) is 7.05 Å². The third-order valence-electron chi connectivity index (χ3n) is 2.79. The molecule has 0 spiro atoms. The molecule has 7 heteroatoms. The molecule has 1 aliphatic heterocycles. The van der Waals surface area contributed by atoms with Crippen LogP contribution >= 0.6 is 0 Å². The lowest BCUT2D eigenvalue weighted by atomic mass is 10.3. The summed E-state index contributed by atoms with van der Waals surface area (Å²) in [7, 11) is 1.76. The van der Waals surface area contributed by atoms with Crippen molar-refractivity contribution in [2.75, 3.05) is 18.0 Å². The van der Waals surface area contributed by atoms with E-state index in [2.05, 4.69) is 10.4 Å². The number of carbonyl (C=O) groups excluding carboxylic acids is 2. The van der Waals surface area contributed by atoms with Gasteiger partial charge in [-0.1, -0.05) is 6.92 Å². The standard InChI is InChI=1S/C11H16N4O3/c1-3-9(16)12-6-8-7-15(11(17)18-8)10-4-5-13-14(10)2/h4-5,8H,3,6-7H2,1-2H3,(H,12,16). The number of hydrogen-bond acceptors (Lipinski definition) is 4. The van der Waals surface area contributed by atoms with Gasteiger partial charge in [0.25, 0.3) is 0 Å². The van der Waals surface area contributed by atoms with E-state index in [9.17, 15) is 9.59 Å². The number of hydrogen-bond donors (Lipinski definition) is 1. The predicted octanol–water partition coefficient (Wildman–Crippen LogP) is 0.271. The van der Waals surface area contributed by atoms with Gasteiger partial charge >= 0.3 is 6.09 Å². The van der Waals surface area contributed by atoms with Gasteiger partial charge in [-0.2, -0.15) is 5.10 Å². The number of aromatic nitrogens is 2. The van der Waals surface area contributed by atoms with E-state index in [-0.39, 0.29) is 12.0 Å². The molecule has 1 fully saturated rings. The van der Waals surface area contributed by atoms with Gasteiger partial charge in [-0.25, -0.2) is 4.79 Å². The molecule has 98 valence electrons. The van der Waals surface area contributed by atoms with Crippen LogP contribution in [0, 0.1) is 0 Å². The molecule has 7 nitrogen and oxygen atoms in total. The van der Waals surface area contributed by atoms with Crippen LogP contribution in [-0.2, 0) is 16.6 Å². The van der Waals surface area contributed by atoms with Gasteiger partial charge in [0.15, 0.2) is 0 Å². The second-order valence-electron chi connectivity index (χ2n) is 4.09. The highest BCUT2D eigenvalue weighted by atomic mass is 16.6. The largest absolute Gasteiger partial charge is 0.442 e. The minimum Gasteiger partial charge on any atom is -0.442 e. The second kappa shape index (κ2) is 5.07. The Kier molecular flexibility index (Phi) is 3.50. The molecule has 0 bridgehead atoms. The summed E-state index contributed by atoms with van der Waals surface area (Å²) in [6.45, 7) is 2.53. The van der Waals surface area contributed by atoms with Crippen LogP contribution in [0.25, 0.3) is 0 Å². The number of nitrogens with zero attached hydrogens (tertiary/aromatic N) is 3. The summed E-state index contributed by atoms with van der Waals surface area (Å²) in [6, 6.07) is 1.74. The molecule has 0 saturated carbocycles. The Bertz CT molecular complexity index is 457. The zero-order chi connectivity index (χ0) is 13.1. The highest BCUT2D eigenvalue weighted by Gasteiger charge is 2.33. The maximum Gasteiger partial charge on any atom is 0.416 e. The molecule has 1 N–H and O–H groups in total. The van der Waals surface area contributed by atoms with Crippen LogP contribution in [0.5, 0.6) is 0 Å². The first-order valence-electron chi connectivity index (χ1n) is 5.84. The van der Waals surface area contributed by atoms with Crippen LogP contribution in [0.4, 0.5) is 10.6 Å². The van der Waals surface area contributed by atoms with Gasteiger partial charge in [-0.15, -0.1) is 0 Å². The zero-order valence-electron chi connectivity index (χ0n) is 10.4. The second-order valence-corrected chi connectivity index (χ2v) is 4.09. The third kappa shape index (κ3) is 2.44. The van der Waals surface area contributed by atoms with Crippen molar-refractivity contribution in [3.63, 3.8) is 0 Å². The lowest BCUT2D eigenvalue weighted by molar-refractivity contribution is -0.121. The Morgan fingerprint density at radius 2 is 2.44 bits per heavy atom. The van der Waals surface area contributed by atoms with Crippen LogP contribution in [0.3, 0.4) is 0 Å². The van der Waals surface area contributed by atoms with E-state index >= 15 is 0 Å². The molecule has 1 aromatic heterocycles. The van der Waals surface area contributed by atoms with Gasteiger partial charge < -0.3 is 10.1 Å². The average molecular weight is 252 g/mol. The fraction of sp³-hybridized carbons (Fsp3) is 0.545. The molecular weight excluding hydrogens is 236 g/mol. The molecule has 1 saturated heterocycles. The number of anilines is 1. The van der Waals surface area contributed by atoms with E-state index < -0.39 is 6.09 Å². The summed E-state index contributed by atoms with van der Waals surface area (Å²) in [5.74, 6) is 0.634. The highest BCUT2D eigenvalue weighted by molar-refractivity contribution is 5.88.